The lowest BCUT2D eigenvalue weighted by atomic mass is 10.1. The largest absolute Gasteiger partial charge is 0.480 e. The first-order valence-electron chi connectivity index (χ1n) is 5.74. The number of carboxylic acid groups (broad SMARTS) is 1. The zero-order valence-corrected chi connectivity index (χ0v) is 10.7. The van der Waals surface area contributed by atoms with E-state index in [0.29, 0.717) is 5.56 Å². The second-order valence-corrected chi connectivity index (χ2v) is 3.92. The number of benzene rings is 1. The summed E-state index contributed by atoms with van der Waals surface area (Å²) in [6, 6.07) is 8.19. The molecule has 102 valence electrons. The summed E-state index contributed by atoms with van der Waals surface area (Å²) in [4.78, 5) is 23.4. The van der Waals surface area contributed by atoms with E-state index >= 15 is 0 Å². The minimum atomic E-state index is -1.14. The van der Waals surface area contributed by atoms with Gasteiger partial charge in [-0.25, -0.2) is 4.79 Å². The zero-order valence-electron chi connectivity index (χ0n) is 10.7. The minimum Gasteiger partial charge on any atom is -0.480 e. The van der Waals surface area contributed by atoms with Gasteiger partial charge in [0, 0.05) is 6.54 Å². The molecule has 1 rings (SSSR count). The molecule has 0 saturated carbocycles. The van der Waals surface area contributed by atoms with Crippen molar-refractivity contribution in [2.75, 3.05) is 13.1 Å². The van der Waals surface area contributed by atoms with Crippen LogP contribution in [-0.4, -0.2) is 35.1 Å². The van der Waals surface area contributed by atoms with Crippen molar-refractivity contribution in [3.05, 3.63) is 35.4 Å². The summed E-state index contributed by atoms with van der Waals surface area (Å²) < 4.78 is 0. The molecule has 0 heterocycles. The maximum Gasteiger partial charge on any atom is 0.323 e. The number of rotatable bonds is 5. The number of urea groups is 1. The molecule has 1 aromatic carbocycles. The van der Waals surface area contributed by atoms with Crippen molar-refractivity contribution in [2.24, 2.45) is 0 Å². The summed E-state index contributed by atoms with van der Waals surface area (Å²) in [5.74, 6) is 1.09. The van der Waals surface area contributed by atoms with Gasteiger partial charge in [-0.15, -0.1) is 6.42 Å². The van der Waals surface area contributed by atoms with Gasteiger partial charge < -0.3 is 15.3 Å². The van der Waals surface area contributed by atoms with Crippen molar-refractivity contribution < 1.29 is 14.7 Å². The normalized spacial score (nSPS) is 9.10. The molecule has 2 amide bonds. The highest BCUT2D eigenvalue weighted by molar-refractivity contribution is 5.80. The SMILES string of the molecule is C#CCN(CC(=O)O)C(=O)NCc1cccc(C#N)c1. The number of amides is 2. The first kappa shape index (κ1) is 15.1. The van der Waals surface area contributed by atoms with Crippen LogP contribution in [0.2, 0.25) is 0 Å². The third-order valence-corrected chi connectivity index (χ3v) is 2.40. The van der Waals surface area contributed by atoms with Gasteiger partial charge in [-0.3, -0.25) is 4.79 Å². The maximum absolute atomic E-state index is 11.8. The molecule has 0 aliphatic carbocycles. The second-order valence-electron chi connectivity index (χ2n) is 3.92. The highest BCUT2D eigenvalue weighted by Gasteiger charge is 2.15. The fourth-order valence-electron chi connectivity index (χ4n) is 1.51. The van der Waals surface area contributed by atoms with Crippen LogP contribution >= 0.6 is 0 Å². The van der Waals surface area contributed by atoms with E-state index in [-0.39, 0.29) is 13.1 Å². The molecule has 0 spiro atoms. The van der Waals surface area contributed by atoms with Crippen LogP contribution in [0.3, 0.4) is 0 Å². The summed E-state index contributed by atoms with van der Waals surface area (Å²) in [6.45, 7) is -0.361. The number of carbonyl (C=O) groups is 2. The monoisotopic (exact) mass is 271 g/mol. The van der Waals surface area contributed by atoms with Gasteiger partial charge in [0.05, 0.1) is 18.2 Å². The van der Waals surface area contributed by atoms with Crippen LogP contribution in [0, 0.1) is 23.7 Å². The molecule has 0 aliphatic rings. The summed E-state index contributed by atoms with van der Waals surface area (Å²) in [7, 11) is 0. The van der Waals surface area contributed by atoms with Gasteiger partial charge in [-0.05, 0) is 17.7 Å². The number of carbonyl (C=O) groups excluding carboxylic acids is 1. The fourth-order valence-corrected chi connectivity index (χ4v) is 1.51. The molecule has 20 heavy (non-hydrogen) atoms. The van der Waals surface area contributed by atoms with E-state index in [1.807, 2.05) is 6.07 Å². The Labute approximate surface area is 116 Å². The van der Waals surface area contributed by atoms with Gasteiger partial charge in [0.25, 0.3) is 0 Å². The molecule has 0 unspecified atom stereocenters. The Morgan fingerprint density at radius 3 is 2.80 bits per heavy atom. The van der Waals surface area contributed by atoms with Gasteiger partial charge >= 0.3 is 12.0 Å². The molecule has 6 heteroatoms. The molecule has 6 nitrogen and oxygen atoms in total. The van der Waals surface area contributed by atoms with Crippen molar-refractivity contribution >= 4 is 12.0 Å². The van der Waals surface area contributed by atoms with Crippen LogP contribution in [0.15, 0.2) is 24.3 Å². The van der Waals surface area contributed by atoms with E-state index in [1.54, 1.807) is 24.3 Å². The third-order valence-electron chi connectivity index (χ3n) is 2.40. The summed E-state index contributed by atoms with van der Waals surface area (Å²) in [5.41, 5.74) is 1.23. The van der Waals surface area contributed by atoms with E-state index in [1.165, 1.54) is 0 Å². The van der Waals surface area contributed by atoms with Crippen molar-refractivity contribution in [3.63, 3.8) is 0 Å². The van der Waals surface area contributed by atoms with E-state index in [2.05, 4.69) is 11.2 Å². The summed E-state index contributed by atoms with van der Waals surface area (Å²) in [6.07, 6.45) is 5.09. The predicted molar refractivity (Wildman–Crippen MR) is 71.4 cm³/mol. The van der Waals surface area contributed by atoms with E-state index in [9.17, 15) is 9.59 Å². The van der Waals surface area contributed by atoms with Crippen molar-refractivity contribution in [2.45, 2.75) is 6.54 Å². The summed E-state index contributed by atoms with van der Waals surface area (Å²) >= 11 is 0. The Morgan fingerprint density at radius 1 is 1.45 bits per heavy atom. The first-order chi connectivity index (χ1) is 9.56. The Hall–Kier alpha value is -2.99. The van der Waals surface area contributed by atoms with E-state index in [0.717, 1.165) is 10.5 Å². The Bertz CT molecular complexity index is 584. The van der Waals surface area contributed by atoms with Gasteiger partial charge in [-0.2, -0.15) is 5.26 Å². The molecule has 1 aromatic rings. The number of nitrogens with one attached hydrogen (secondary N) is 1. The number of carboxylic acids is 1. The van der Waals surface area contributed by atoms with Crippen LogP contribution in [0.4, 0.5) is 4.79 Å². The lowest BCUT2D eigenvalue weighted by Crippen LogP contribution is -2.42. The second kappa shape index (κ2) is 7.45. The first-order valence-corrected chi connectivity index (χ1v) is 5.74. The number of nitrogens with zero attached hydrogens (tertiary/aromatic N) is 2. The lowest BCUT2D eigenvalue weighted by molar-refractivity contribution is -0.137. The van der Waals surface area contributed by atoms with Gasteiger partial charge in [0.1, 0.15) is 6.54 Å². The van der Waals surface area contributed by atoms with Crippen LogP contribution in [0.1, 0.15) is 11.1 Å². The number of terminal acetylenes is 1. The van der Waals surface area contributed by atoms with E-state index < -0.39 is 18.5 Å². The minimum absolute atomic E-state index is 0.0869. The fraction of sp³-hybridized carbons (Fsp3) is 0.214. The predicted octanol–water partition coefficient (Wildman–Crippen LogP) is 0.788. The van der Waals surface area contributed by atoms with Crippen molar-refractivity contribution in [1.82, 2.24) is 10.2 Å². The average molecular weight is 271 g/mol. The smallest absolute Gasteiger partial charge is 0.323 e. The Kier molecular flexibility index (Phi) is 5.61. The Morgan fingerprint density at radius 2 is 2.20 bits per heavy atom. The molecule has 0 fully saturated rings. The van der Waals surface area contributed by atoms with Gasteiger partial charge in [-0.1, -0.05) is 18.1 Å². The molecule has 0 radical (unpaired) electrons. The number of hydrogen-bond acceptors (Lipinski definition) is 3. The van der Waals surface area contributed by atoms with Gasteiger partial charge in [0.2, 0.25) is 0 Å². The molecule has 0 atom stereocenters. The average Bonchev–Trinajstić information content (AvgIpc) is 2.44. The summed E-state index contributed by atoms with van der Waals surface area (Å²) in [5, 5.41) is 20.0. The van der Waals surface area contributed by atoms with E-state index in [4.69, 9.17) is 16.8 Å². The van der Waals surface area contributed by atoms with Crippen LogP contribution < -0.4 is 5.32 Å². The lowest BCUT2D eigenvalue weighted by Gasteiger charge is -2.18. The molecule has 0 bridgehead atoms. The number of nitriles is 1. The van der Waals surface area contributed by atoms with Crippen molar-refractivity contribution in [1.29, 1.82) is 5.26 Å². The standard InChI is InChI=1S/C14H13N3O3/c1-2-6-17(10-13(18)19)14(20)16-9-12-5-3-4-11(7-12)8-15/h1,3-5,7H,6,9-10H2,(H,16,20)(H,18,19). The van der Waals surface area contributed by atoms with Crippen molar-refractivity contribution in [3.8, 4) is 18.4 Å². The van der Waals surface area contributed by atoms with Gasteiger partial charge in [0.15, 0.2) is 0 Å². The molecular weight excluding hydrogens is 258 g/mol. The molecule has 2 N–H and O–H groups in total. The topological polar surface area (TPSA) is 93.4 Å². The molecule has 0 saturated heterocycles. The molecule has 0 aromatic heterocycles. The quantitative estimate of drug-likeness (QED) is 0.774. The maximum atomic E-state index is 11.8. The zero-order chi connectivity index (χ0) is 15.0. The van der Waals surface area contributed by atoms with Crippen LogP contribution in [-0.2, 0) is 11.3 Å². The molecule has 0 aliphatic heterocycles. The Balaban J connectivity index is 2.62. The molecular formula is C14H13N3O3. The third kappa shape index (κ3) is 4.71. The number of aliphatic carboxylic acids is 1. The van der Waals surface area contributed by atoms with Crippen LogP contribution in [0.25, 0.3) is 0 Å². The van der Waals surface area contributed by atoms with Crippen LogP contribution in [0.5, 0.6) is 0 Å². The number of hydrogen-bond donors (Lipinski definition) is 2. The highest BCUT2D eigenvalue weighted by Crippen LogP contribution is 2.04. The highest BCUT2D eigenvalue weighted by atomic mass is 16.4.